The molecule has 0 fully saturated rings. The summed E-state index contributed by atoms with van der Waals surface area (Å²) in [5, 5.41) is 9.02. The molecule has 5 N–H and O–H groups in total. The Morgan fingerprint density at radius 2 is 1.79 bits per heavy atom. The Kier molecular flexibility index (Phi) is 5.91. The number of aliphatic carboxylic acids is 1. The largest absolute Gasteiger partial charge is 0.488 e. The zero-order chi connectivity index (χ0) is 20.1. The highest BCUT2D eigenvalue weighted by Crippen LogP contribution is 2.28. The highest BCUT2D eigenvalue weighted by atomic mass is 19.1. The number of carboxylic acids is 1. The molecular weight excluding hydrogens is 359 g/mol. The van der Waals surface area contributed by atoms with E-state index in [1.807, 2.05) is 24.3 Å². The van der Waals surface area contributed by atoms with Crippen molar-refractivity contribution in [1.82, 2.24) is 0 Å². The predicted molar refractivity (Wildman–Crippen MR) is 106 cm³/mol. The van der Waals surface area contributed by atoms with Gasteiger partial charge < -0.3 is 21.3 Å². The van der Waals surface area contributed by atoms with E-state index >= 15 is 0 Å². The fourth-order valence-corrected chi connectivity index (χ4v) is 2.97. The monoisotopic (exact) mass is 380 g/mol. The second-order valence-electron chi connectivity index (χ2n) is 6.41. The summed E-state index contributed by atoms with van der Waals surface area (Å²) in [5.41, 5.74) is 15.0. The van der Waals surface area contributed by atoms with Gasteiger partial charge in [-0.2, -0.15) is 0 Å². The molecule has 0 aliphatic carbocycles. The average Bonchev–Trinajstić information content (AvgIpc) is 2.69. The minimum absolute atomic E-state index is 0.0214. The molecule has 0 atom stereocenters. The molecule has 3 aromatic rings. The van der Waals surface area contributed by atoms with Crippen LogP contribution in [0.3, 0.4) is 0 Å². The first-order chi connectivity index (χ1) is 13.5. The molecule has 3 rings (SSSR count). The molecule has 0 unspecified atom stereocenters. The molecule has 0 heterocycles. The summed E-state index contributed by atoms with van der Waals surface area (Å²) in [6.07, 6.45) is -0.174. The minimum Gasteiger partial charge on any atom is -0.488 e. The Morgan fingerprint density at radius 3 is 2.54 bits per heavy atom. The molecule has 0 saturated heterocycles. The van der Waals surface area contributed by atoms with E-state index in [0.29, 0.717) is 23.4 Å². The van der Waals surface area contributed by atoms with E-state index in [4.69, 9.17) is 21.3 Å². The highest BCUT2D eigenvalue weighted by molar-refractivity contribution is 5.71. The number of hydrogen-bond donors (Lipinski definition) is 3. The van der Waals surface area contributed by atoms with Gasteiger partial charge in [0, 0.05) is 17.7 Å². The minimum atomic E-state index is -0.965. The molecule has 0 aliphatic rings. The smallest absolute Gasteiger partial charge is 0.307 e. The molecule has 0 spiro atoms. The third-order valence-corrected chi connectivity index (χ3v) is 4.37. The highest BCUT2D eigenvalue weighted by Gasteiger charge is 2.13. The molecule has 0 radical (unpaired) electrons. The number of para-hydroxylation sites is 1. The molecule has 0 saturated carbocycles. The van der Waals surface area contributed by atoms with Gasteiger partial charge in [-0.1, -0.05) is 36.4 Å². The van der Waals surface area contributed by atoms with Crippen molar-refractivity contribution in [2.75, 3.05) is 5.73 Å². The molecule has 6 heteroatoms. The normalized spacial score (nSPS) is 10.6. The third kappa shape index (κ3) is 4.47. The predicted octanol–water partition coefficient (Wildman–Crippen LogP) is 3.74. The number of ether oxygens (including phenoxy) is 1. The lowest BCUT2D eigenvalue weighted by Gasteiger charge is -2.13. The Hall–Kier alpha value is -3.38. The van der Waals surface area contributed by atoms with Crippen LogP contribution in [-0.4, -0.2) is 11.1 Å². The van der Waals surface area contributed by atoms with E-state index < -0.39 is 11.8 Å². The molecule has 0 aromatic heterocycles. The SMILES string of the molecule is NCc1cccc(-c2cc(N)c(F)c(COc3ccccc3CC(=O)O)c2)c1. The van der Waals surface area contributed by atoms with Crippen molar-refractivity contribution in [3.63, 3.8) is 0 Å². The molecule has 0 aliphatic heterocycles. The zero-order valence-electron chi connectivity index (χ0n) is 15.2. The number of carbonyl (C=O) groups is 1. The van der Waals surface area contributed by atoms with Crippen LogP contribution >= 0.6 is 0 Å². The first-order valence-corrected chi connectivity index (χ1v) is 8.77. The fraction of sp³-hybridized carbons (Fsp3) is 0.136. The molecule has 5 nitrogen and oxygen atoms in total. The summed E-state index contributed by atoms with van der Waals surface area (Å²) in [7, 11) is 0. The lowest BCUT2D eigenvalue weighted by atomic mass is 10.00. The second-order valence-corrected chi connectivity index (χ2v) is 6.41. The molecule has 144 valence electrons. The van der Waals surface area contributed by atoms with Crippen molar-refractivity contribution < 1.29 is 19.0 Å². The van der Waals surface area contributed by atoms with Gasteiger partial charge in [-0.25, -0.2) is 4.39 Å². The molecular formula is C22H21FN2O3. The summed E-state index contributed by atoms with van der Waals surface area (Å²) in [6, 6.07) is 17.7. The van der Waals surface area contributed by atoms with Crippen molar-refractivity contribution in [2.45, 2.75) is 19.6 Å². The quantitative estimate of drug-likeness (QED) is 0.543. The average molecular weight is 380 g/mol. The van der Waals surface area contributed by atoms with Gasteiger partial charge >= 0.3 is 5.97 Å². The van der Waals surface area contributed by atoms with Gasteiger partial charge in [0.2, 0.25) is 0 Å². The van der Waals surface area contributed by atoms with Crippen LogP contribution in [-0.2, 0) is 24.4 Å². The van der Waals surface area contributed by atoms with Gasteiger partial charge in [0.05, 0.1) is 12.1 Å². The van der Waals surface area contributed by atoms with Gasteiger partial charge in [0.15, 0.2) is 5.82 Å². The standard InChI is InChI=1S/C22H21FN2O3/c23-22-18(13-28-20-7-2-1-5-16(20)11-21(26)27)9-17(10-19(22)25)15-6-3-4-14(8-15)12-24/h1-10H,11-13,24-25H2,(H,26,27). The topological polar surface area (TPSA) is 98.6 Å². The van der Waals surface area contributed by atoms with E-state index in [2.05, 4.69) is 0 Å². The van der Waals surface area contributed by atoms with Crippen LogP contribution in [0.1, 0.15) is 16.7 Å². The van der Waals surface area contributed by atoms with Crippen LogP contribution in [0.2, 0.25) is 0 Å². The van der Waals surface area contributed by atoms with E-state index in [-0.39, 0.29) is 18.7 Å². The summed E-state index contributed by atoms with van der Waals surface area (Å²) in [4.78, 5) is 11.0. The Bertz CT molecular complexity index is 1000. The van der Waals surface area contributed by atoms with Crippen molar-refractivity contribution in [3.8, 4) is 16.9 Å². The van der Waals surface area contributed by atoms with Crippen LogP contribution < -0.4 is 16.2 Å². The van der Waals surface area contributed by atoms with Crippen LogP contribution in [0.4, 0.5) is 10.1 Å². The maximum Gasteiger partial charge on any atom is 0.307 e. The number of nitrogen functional groups attached to an aromatic ring is 1. The lowest BCUT2D eigenvalue weighted by molar-refractivity contribution is -0.136. The second kappa shape index (κ2) is 8.54. The number of anilines is 1. The first-order valence-electron chi connectivity index (χ1n) is 8.77. The van der Waals surface area contributed by atoms with E-state index in [0.717, 1.165) is 16.7 Å². The van der Waals surface area contributed by atoms with Gasteiger partial charge in [0.25, 0.3) is 0 Å². The Morgan fingerprint density at radius 1 is 1.00 bits per heavy atom. The number of halogens is 1. The summed E-state index contributed by atoms with van der Waals surface area (Å²) in [6.45, 7) is 0.331. The van der Waals surface area contributed by atoms with Crippen LogP contribution in [0.5, 0.6) is 5.75 Å². The molecule has 3 aromatic carbocycles. The van der Waals surface area contributed by atoms with Crippen molar-refractivity contribution in [2.24, 2.45) is 5.73 Å². The summed E-state index contributed by atoms with van der Waals surface area (Å²) >= 11 is 0. The van der Waals surface area contributed by atoms with E-state index in [9.17, 15) is 9.18 Å². The molecule has 28 heavy (non-hydrogen) atoms. The number of benzene rings is 3. The van der Waals surface area contributed by atoms with Crippen LogP contribution in [0, 0.1) is 5.82 Å². The van der Waals surface area contributed by atoms with E-state index in [1.54, 1.807) is 36.4 Å². The maximum atomic E-state index is 14.5. The van der Waals surface area contributed by atoms with Gasteiger partial charge in [-0.15, -0.1) is 0 Å². The number of rotatable bonds is 7. The summed E-state index contributed by atoms with van der Waals surface area (Å²) < 4.78 is 20.3. The maximum absolute atomic E-state index is 14.5. The zero-order valence-corrected chi connectivity index (χ0v) is 15.2. The molecule has 0 bridgehead atoms. The van der Waals surface area contributed by atoms with Gasteiger partial charge in [-0.3, -0.25) is 4.79 Å². The Labute approximate surface area is 162 Å². The fourth-order valence-electron chi connectivity index (χ4n) is 2.97. The number of carboxylic acid groups (broad SMARTS) is 1. The van der Waals surface area contributed by atoms with Gasteiger partial charge in [0.1, 0.15) is 12.4 Å². The molecule has 0 amide bonds. The summed E-state index contributed by atoms with van der Waals surface area (Å²) in [5.74, 6) is -1.11. The van der Waals surface area contributed by atoms with Crippen LogP contribution in [0.15, 0.2) is 60.7 Å². The van der Waals surface area contributed by atoms with E-state index in [1.165, 1.54) is 0 Å². The number of hydrogen-bond acceptors (Lipinski definition) is 4. The first kappa shape index (κ1) is 19.4. The van der Waals surface area contributed by atoms with Gasteiger partial charge in [-0.05, 0) is 41.0 Å². The van der Waals surface area contributed by atoms with Crippen molar-refractivity contribution in [3.05, 3.63) is 83.2 Å². The van der Waals surface area contributed by atoms with Crippen molar-refractivity contribution >= 4 is 11.7 Å². The lowest BCUT2D eigenvalue weighted by Crippen LogP contribution is -2.06. The van der Waals surface area contributed by atoms with Crippen LogP contribution in [0.25, 0.3) is 11.1 Å². The third-order valence-electron chi connectivity index (χ3n) is 4.37. The Balaban J connectivity index is 1.89. The van der Waals surface area contributed by atoms with Crippen molar-refractivity contribution in [1.29, 1.82) is 0 Å². The number of nitrogens with two attached hydrogens (primary N) is 2.